The molecule has 136 valence electrons. The van der Waals surface area contributed by atoms with Crippen molar-refractivity contribution in [1.82, 2.24) is 19.6 Å². The lowest BCUT2D eigenvalue weighted by Gasteiger charge is -2.21. The summed E-state index contributed by atoms with van der Waals surface area (Å²) in [6, 6.07) is 17.5. The predicted octanol–water partition coefficient (Wildman–Crippen LogP) is 3.73. The Labute approximate surface area is 161 Å². The molecule has 0 N–H and O–H groups in total. The fraction of sp³-hybridized carbons (Fsp3) is 0.200. The summed E-state index contributed by atoms with van der Waals surface area (Å²) in [5, 5.41) is 5.76. The highest BCUT2D eigenvalue weighted by Crippen LogP contribution is 2.28. The van der Waals surface area contributed by atoms with Crippen molar-refractivity contribution in [2.45, 2.75) is 24.3 Å². The minimum atomic E-state index is -0.323. The minimum Gasteiger partial charge on any atom is -0.315 e. The number of benzene rings is 2. The third kappa shape index (κ3) is 3.26. The fourth-order valence-electron chi connectivity index (χ4n) is 2.97. The first-order valence-corrected chi connectivity index (χ1v) is 9.54. The van der Waals surface area contributed by atoms with E-state index in [2.05, 4.69) is 10.1 Å². The van der Waals surface area contributed by atoms with Gasteiger partial charge >= 0.3 is 0 Å². The summed E-state index contributed by atoms with van der Waals surface area (Å²) in [6.07, 6.45) is 0. The Balaban J connectivity index is 1.69. The van der Waals surface area contributed by atoms with Crippen LogP contribution in [0.5, 0.6) is 0 Å². The highest BCUT2D eigenvalue weighted by atomic mass is 32.2. The Bertz CT molecular complexity index is 1130. The SMILES string of the molecule is Cc1nc2c3ccccc3nc(SC(C)C(=O)N(C)c3ccccc3)n2n1. The van der Waals surface area contributed by atoms with Crippen molar-refractivity contribution < 1.29 is 4.79 Å². The van der Waals surface area contributed by atoms with Gasteiger partial charge < -0.3 is 4.90 Å². The Morgan fingerprint density at radius 3 is 2.56 bits per heavy atom. The number of para-hydroxylation sites is 2. The third-order valence-electron chi connectivity index (χ3n) is 4.36. The van der Waals surface area contributed by atoms with Crippen LogP contribution in [0.4, 0.5) is 5.69 Å². The average molecular weight is 377 g/mol. The molecule has 0 radical (unpaired) electrons. The monoisotopic (exact) mass is 377 g/mol. The molecule has 0 aliphatic carbocycles. The van der Waals surface area contributed by atoms with Crippen LogP contribution in [0.25, 0.3) is 16.6 Å². The van der Waals surface area contributed by atoms with Crippen molar-refractivity contribution in [2.24, 2.45) is 0 Å². The van der Waals surface area contributed by atoms with E-state index >= 15 is 0 Å². The van der Waals surface area contributed by atoms with Crippen LogP contribution in [-0.4, -0.2) is 37.8 Å². The first-order valence-electron chi connectivity index (χ1n) is 8.66. The van der Waals surface area contributed by atoms with Gasteiger partial charge in [-0.3, -0.25) is 4.79 Å². The molecule has 27 heavy (non-hydrogen) atoms. The van der Waals surface area contributed by atoms with E-state index in [9.17, 15) is 4.79 Å². The van der Waals surface area contributed by atoms with Gasteiger partial charge in [-0.2, -0.15) is 4.52 Å². The fourth-order valence-corrected chi connectivity index (χ4v) is 3.92. The van der Waals surface area contributed by atoms with Crippen molar-refractivity contribution in [3.05, 3.63) is 60.4 Å². The number of carbonyl (C=O) groups excluding carboxylic acids is 1. The number of fused-ring (bicyclic) bond motifs is 3. The third-order valence-corrected chi connectivity index (χ3v) is 5.39. The van der Waals surface area contributed by atoms with E-state index in [-0.39, 0.29) is 11.2 Å². The van der Waals surface area contributed by atoms with E-state index in [1.165, 1.54) is 11.8 Å². The highest BCUT2D eigenvalue weighted by molar-refractivity contribution is 8.00. The molecule has 2 aromatic heterocycles. The van der Waals surface area contributed by atoms with Gasteiger partial charge in [-0.05, 0) is 38.1 Å². The van der Waals surface area contributed by atoms with Crippen molar-refractivity contribution >= 4 is 39.9 Å². The van der Waals surface area contributed by atoms with Gasteiger partial charge in [-0.15, -0.1) is 5.10 Å². The lowest BCUT2D eigenvalue weighted by atomic mass is 10.2. The maximum atomic E-state index is 12.9. The van der Waals surface area contributed by atoms with E-state index in [0.29, 0.717) is 11.0 Å². The zero-order valence-electron chi connectivity index (χ0n) is 15.3. The molecule has 2 heterocycles. The normalized spacial score (nSPS) is 12.4. The van der Waals surface area contributed by atoms with Crippen LogP contribution in [0, 0.1) is 6.92 Å². The zero-order chi connectivity index (χ0) is 19.0. The molecule has 0 aliphatic heterocycles. The summed E-state index contributed by atoms with van der Waals surface area (Å²) >= 11 is 1.39. The molecule has 0 aliphatic rings. The van der Waals surface area contributed by atoms with E-state index in [1.54, 1.807) is 16.5 Å². The summed E-state index contributed by atoms with van der Waals surface area (Å²) in [6.45, 7) is 3.74. The van der Waals surface area contributed by atoms with Gasteiger partial charge in [0.15, 0.2) is 10.8 Å². The molecule has 4 aromatic rings. The van der Waals surface area contributed by atoms with Crippen LogP contribution in [-0.2, 0) is 4.79 Å². The van der Waals surface area contributed by atoms with Gasteiger partial charge in [0.1, 0.15) is 5.82 Å². The summed E-state index contributed by atoms with van der Waals surface area (Å²) in [7, 11) is 1.79. The lowest BCUT2D eigenvalue weighted by molar-refractivity contribution is -0.117. The maximum Gasteiger partial charge on any atom is 0.240 e. The number of thioether (sulfide) groups is 1. The largest absolute Gasteiger partial charge is 0.315 e. The van der Waals surface area contributed by atoms with Crippen LogP contribution in [0.15, 0.2) is 59.8 Å². The molecule has 2 aromatic carbocycles. The van der Waals surface area contributed by atoms with Gasteiger partial charge in [0.25, 0.3) is 0 Å². The summed E-state index contributed by atoms with van der Waals surface area (Å²) < 4.78 is 1.73. The number of anilines is 1. The molecule has 1 unspecified atom stereocenters. The number of carbonyl (C=O) groups is 1. The molecule has 1 atom stereocenters. The average Bonchev–Trinajstić information content (AvgIpc) is 3.09. The molecule has 0 spiro atoms. The second-order valence-corrected chi connectivity index (χ2v) is 7.61. The highest BCUT2D eigenvalue weighted by Gasteiger charge is 2.23. The van der Waals surface area contributed by atoms with Gasteiger partial charge in [0.2, 0.25) is 5.91 Å². The van der Waals surface area contributed by atoms with Gasteiger partial charge in [0, 0.05) is 18.1 Å². The number of nitrogens with zero attached hydrogens (tertiary/aromatic N) is 5. The topological polar surface area (TPSA) is 63.4 Å². The lowest BCUT2D eigenvalue weighted by Crippen LogP contribution is -2.33. The number of hydrogen-bond donors (Lipinski definition) is 0. The molecule has 4 rings (SSSR count). The standard InChI is InChI=1S/C20H19N5OS/c1-13(19(26)24(3)15-9-5-4-6-10-15)27-20-22-17-12-8-7-11-16(17)18-21-14(2)23-25(18)20/h4-13H,1-3H3. The summed E-state index contributed by atoms with van der Waals surface area (Å²) in [4.78, 5) is 23.8. The Morgan fingerprint density at radius 2 is 1.78 bits per heavy atom. The molecule has 0 fully saturated rings. The Kier molecular flexibility index (Phi) is 4.53. The second kappa shape index (κ2) is 7.00. The van der Waals surface area contributed by atoms with Crippen molar-refractivity contribution in [1.29, 1.82) is 0 Å². The quantitative estimate of drug-likeness (QED) is 0.401. The van der Waals surface area contributed by atoms with Crippen LogP contribution in [0.3, 0.4) is 0 Å². The molecule has 1 amide bonds. The van der Waals surface area contributed by atoms with E-state index in [0.717, 1.165) is 22.2 Å². The molecule has 7 heteroatoms. The van der Waals surface area contributed by atoms with E-state index in [4.69, 9.17) is 4.98 Å². The maximum absolute atomic E-state index is 12.9. The van der Waals surface area contributed by atoms with Gasteiger partial charge in [0.05, 0.1) is 10.8 Å². The molecular weight excluding hydrogens is 358 g/mol. The van der Waals surface area contributed by atoms with Gasteiger partial charge in [-0.1, -0.05) is 42.1 Å². The minimum absolute atomic E-state index is 0.00569. The van der Waals surface area contributed by atoms with Crippen LogP contribution in [0.1, 0.15) is 12.7 Å². The number of amides is 1. The molecule has 6 nitrogen and oxygen atoms in total. The van der Waals surface area contributed by atoms with Gasteiger partial charge in [-0.25, -0.2) is 9.97 Å². The predicted molar refractivity (Wildman–Crippen MR) is 108 cm³/mol. The van der Waals surface area contributed by atoms with E-state index in [1.807, 2.05) is 68.4 Å². The van der Waals surface area contributed by atoms with Crippen molar-refractivity contribution in [3.63, 3.8) is 0 Å². The summed E-state index contributed by atoms with van der Waals surface area (Å²) in [5.41, 5.74) is 2.47. The zero-order valence-corrected chi connectivity index (χ0v) is 16.1. The Hall–Kier alpha value is -2.93. The summed E-state index contributed by atoms with van der Waals surface area (Å²) in [5.74, 6) is 0.682. The molecule has 0 bridgehead atoms. The second-order valence-electron chi connectivity index (χ2n) is 6.30. The molecule has 0 saturated heterocycles. The van der Waals surface area contributed by atoms with Crippen molar-refractivity contribution in [2.75, 3.05) is 11.9 Å². The number of hydrogen-bond acceptors (Lipinski definition) is 5. The molecule has 0 saturated carbocycles. The number of aryl methyl sites for hydroxylation is 1. The Morgan fingerprint density at radius 1 is 1.07 bits per heavy atom. The van der Waals surface area contributed by atoms with Crippen LogP contribution < -0.4 is 4.90 Å². The van der Waals surface area contributed by atoms with Crippen molar-refractivity contribution in [3.8, 4) is 0 Å². The first kappa shape index (κ1) is 17.5. The van der Waals surface area contributed by atoms with Crippen LogP contribution >= 0.6 is 11.8 Å². The van der Waals surface area contributed by atoms with E-state index < -0.39 is 0 Å². The first-order chi connectivity index (χ1) is 13.0. The molecular formula is C20H19N5OS. The smallest absolute Gasteiger partial charge is 0.240 e. The number of aromatic nitrogens is 4. The number of rotatable bonds is 4. The van der Waals surface area contributed by atoms with Crippen LogP contribution in [0.2, 0.25) is 0 Å².